The van der Waals surface area contributed by atoms with Gasteiger partial charge in [-0.1, -0.05) is 49.3 Å². The largest absolute Gasteiger partial charge is 0.505 e. The molecule has 6 rings (SSSR count). The fraction of sp³-hybridized carbons (Fsp3) is 0.368. The summed E-state index contributed by atoms with van der Waals surface area (Å²) >= 11 is 0. The van der Waals surface area contributed by atoms with Gasteiger partial charge in [0.1, 0.15) is 12.4 Å². The van der Waals surface area contributed by atoms with Crippen LogP contribution in [0.2, 0.25) is 0 Å². The third kappa shape index (κ3) is 7.53. The topological polar surface area (TPSA) is 76.1 Å². The zero-order chi connectivity index (χ0) is 36.7. The molecule has 1 N–H and O–H groups in total. The molecule has 2 aliphatic heterocycles. The molecule has 51 heavy (non-hydrogen) atoms. The number of carbonyl (C=O) groups excluding carboxylic acids is 2. The van der Waals surface area contributed by atoms with Crippen LogP contribution < -0.4 is 9.64 Å². The van der Waals surface area contributed by atoms with Crippen molar-refractivity contribution in [3.8, 4) is 11.5 Å². The normalized spacial score (nSPS) is 22.4. The van der Waals surface area contributed by atoms with E-state index in [0.29, 0.717) is 53.2 Å². The van der Waals surface area contributed by atoms with Crippen LogP contribution in [0, 0.1) is 23.6 Å². The average Bonchev–Trinajstić information content (AvgIpc) is 3.61. The number of phenols is 1. The molecular weight excluding hydrogens is 683 g/mol. The highest BCUT2D eigenvalue weighted by Gasteiger charge is 2.57. The number of alkyl halides is 6. The molecule has 0 radical (unpaired) electrons. The number of hydrogen-bond donors (Lipinski definition) is 1. The maximum atomic E-state index is 14.0. The van der Waals surface area contributed by atoms with Gasteiger partial charge in [-0.3, -0.25) is 9.59 Å². The molecule has 2 amide bonds. The van der Waals surface area contributed by atoms with E-state index in [1.165, 1.54) is 12.1 Å². The molecule has 13 heteroatoms. The Morgan fingerprint density at radius 2 is 1.61 bits per heavy atom. The summed E-state index contributed by atoms with van der Waals surface area (Å²) in [4.78, 5) is 28.3. The number of fused-ring (bicyclic) bond motifs is 3. The van der Waals surface area contributed by atoms with Crippen molar-refractivity contribution in [2.75, 3.05) is 18.1 Å². The summed E-state index contributed by atoms with van der Waals surface area (Å²) in [6.07, 6.45) is -6.58. The summed E-state index contributed by atoms with van der Waals surface area (Å²) in [5.74, 6) is -5.22. The standard InChI is InChI=1S/C38H34F7NO5/c1-2-6-21(13-22-9-11-31(47)30(39)14-22)10-12-32-33-23(19-50-27-7-4-3-5-8-27)15-28-34(29(33)20-51-32)36(49)46(35(28)48)26-17-24(37(40,41)42)16-25(18-26)38(43,44)45/h3-5,7-9,11,13-14,16-18,28-29,32,34,47H,2,6,10,12,15,19-20H2,1H3/b21-13+/t28-,29+,32-,34-/m1/s1. The number of halogens is 7. The molecule has 0 unspecified atom stereocenters. The van der Waals surface area contributed by atoms with Gasteiger partial charge in [0, 0.05) is 5.92 Å². The lowest BCUT2D eigenvalue weighted by molar-refractivity contribution is -0.143. The van der Waals surface area contributed by atoms with Gasteiger partial charge in [-0.25, -0.2) is 9.29 Å². The smallest absolute Gasteiger partial charge is 0.416 e. The summed E-state index contributed by atoms with van der Waals surface area (Å²) in [5.41, 5.74) is -1.09. The first-order valence-corrected chi connectivity index (χ1v) is 16.5. The molecule has 0 aromatic heterocycles. The van der Waals surface area contributed by atoms with Crippen molar-refractivity contribution in [2.45, 2.75) is 57.5 Å². The molecule has 0 bridgehead atoms. The number of rotatable bonds is 10. The van der Waals surface area contributed by atoms with Crippen LogP contribution >= 0.6 is 0 Å². The highest BCUT2D eigenvalue weighted by Crippen LogP contribution is 2.51. The minimum absolute atomic E-state index is 0.000200. The van der Waals surface area contributed by atoms with Gasteiger partial charge in [0.25, 0.3) is 0 Å². The van der Waals surface area contributed by atoms with Crippen LogP contribution in [0.15, 0.2) is 83.4 Å². The van der Waals surface area contributed by atoms with Crippen LogP contribution in [-0.2, 0) is 26.7 Å². The Morgan fingerprint density at radius 1 is 0.922 bits per heavy atom. The Hall–Kier alpha value is -4.65. The van der Waals surface area contributed by atoms with Gasteiger partial charge >= 0.3 is 12.4 Å². The van der Waals surface area contributed by atoms with Crippen LogP contribution in [0.3, 0.4) is 0 Å². The Labute approximate surface area is 289 Å². The van der Waals surface area contributed by atoms with Crippen molar-refractivity contribution in [2.24, 2.45) is 17.8 Å². The van der Waals surface area contributed by atoms with E-state index in [-0.39, 0.29) is 25.7 Å². The quantitative estimate of drug-likeness (QED) is 0.129. The molecule has 0 spiro atoms. The summed E-state index contributed by atoms with van der Waals surface area (Å²) in [6, 6.07) is 13.7. The van der Waals surface area contributed by atoms with Crippen LogP contribution in [0.1, 0.15) is 55.7 Å². The Bertz CT molecular complexity index is 1840. The van der Waals surface area contributed by atoms with E-state index in [1.54, 1.807) is 36.4 Å². The lowest BCUT2D eigenvalue weighted by atomic mass is 9.69. The lowest BCUT2D eigenvalue weighted by Gasteiger charge is -2.31. The lowest BCUT2D eigenvalue weighted by Crippen LogP contribution is -2.35. The van der Waals surface area contributed by atoms with Gasteiger partial charge in [-0.15, -0.1) is 0 Å². The number of hydrogen-bond acceptors (Lipinski definition) is 5. The van der Waals surface area contributed by atoms with Crippen molar-refractivity contribution in [3.63, 3.8) is 0 Å². The van der Waals surface area contributed by atoms with Crippen molar-refractivity contribution in [3.05, 3.63) is 106 Å². The van der Waals surface area contributed by atoms with Crippen LogP contribution in [0.4, 0.5) is 36.4 Å². The number of ether oxygens (including phenoxy) is 2. The zero-order valence-corrected chi connectivity index (χ0v) is 27.4. The molecule has 3 aromatic carbocycles. The molecule has 0 saturated carbocycles. The maximum absolute atomic E-state index is 14.0. The SMILES string of the molecule is CCC/C(=C\c1ccc(O)c(F)c1)CC[C@H]1OC[C@H]2C1=C(COc1ccccc1)C[C@H]1C(=O)N(c3cc(C(F)(F)F)cc(C(F)(F)F)c3)C(=O)[C@H]12. The van der Waals surface area contributed by atoms with Crippen LogP contribution in [0.25, 0.3) is 6.08 Å². The first-order chi connectivity index (χ1) is 24.2. The first kappa shape index (κ1) is 36.2. The van der Waals surface area contributed by atoms with E-state index in [0.717, 1.165) is 17.6 Å². The summed E-state index contributed by atoms with van der Waals surface area (Å²) in [6.45, 7) is 2.02. The number of carbonyl (C=O) groups is 2. The minimum Gasteiger partial charge on any atom is -0.505 e. The van der Waals surface area contributed by atoms with Gasteiger partial charge in [0.2, 0.25) is 11.8 Å². The van der Waals surface area contributed by atoms with Crippen molar-refractivity contribution >= 4 is 23.6 Å². The minimum atomic E-state index is -5.17. The Morgan fingerprint density at radius 3 is 2.24 bits per heavy atom. The second-order valence-electron chi connectivity index (χ2n) is 13.0. The number of amides is 2. The molecule has 3 aromatic rings. The van der Waals surface area contributed by atoms with Crippen LogP contribution in [0.5, 0.6) is 11.5 Å². The Balaban J connectivity index is 1.32. The number of benzene rings is 3. The average molecular weight is 718 g/mol. The molecule has 6 nitrogen and oxygen atoms in total. The van der Waals surface area contributed by atoms with E-state index in [9.17, 15) is 45.4 Å². The third-order valence-corrected chi connectivity index (χ3v) is 9.64. The maximum Gasteiger partial charge on any atom is 0.416 e. The second kappa shape index (κ2) is 14.2. The summed E-state index contributed by atoms with van der Waals surface area (Å²) in [7, 11) is 0. The molecular formula is C38H34F7NO5. The molecule has 3 aliphatic rings. The fourth-order valence-corrected chi connectivity index (χ4v) is 7.37. The van der Waals surface area contributed by atoms with Gasteiger partial charge in [-0.05, 0) is 84.9 Å². The van der Waals surface area contributed by atoms with Gasteiger partial charge < -0.3 is 14.6 Å². The Kier molecular flexibility index (Phi) is 10.0. The molecule has 2 saturated heterocycles. The van der Waals surface area contributed by atoms with Gasteiger partial charge in [0.15, 0.2) is 11.6 Å². The highest BCUT2D eigenvalue weighted by atomic mass is 19.4. The second-order valence-corrected chi connectivity index (χ2v) is 13.0. The van der Waals surface area contributed by atoms with Gasteiger partial charge in [-0.2, -0.15) is 26.3 Å². The summed E-state index contributed by atoms with van der Waals surface area (Å²) < 4.78 is 109. The molecule has 2 fully saturated rings. The van der Waals surface area contributed by atoms with Crippen molar-refractivity contribution in [1.29, 1.82) is 0 Å². The summed E-state index contributed by atoms with van der Waals surface area (Å²) in [5, 5.41) is 9.58. The molecule has 1 aliphatic carbocycles. The zero-order valence-electron chi connectivity index (χ0n) is 27.4. The predicted molar refractivity (Wildman–Crippen MR) is 173 cm³/mol. The van der Waals surface area contributed by atoms with Crippen molar-refractivity contribution < 1.29 is 54.9 Å². The fourth-order valence-electron chi connectivity index (χ4n) is 7.37. The molecule has 2 heterocycles. The van der Waals surface area contributed by atoms with E-state index < -0.39 is 76.4 Å². The van der Waals surface area contributed by atoms with E-state index >= 15 is 0 Å². The number of nitrogens with zero attached hydrogens (tertiary/aromatic N) is 1. The third-order valence-electron chi connectivity index (χ3n) is 9.64. The van der Waals surface area contributed by atoms with Crippen molar-refractivity contribution in [1.82, 2.24) is 0 Å². The van der Waals surface area contributed by atoms with Gasteiger partial charge in [0.05, 0.1) is 41.4 Å². The number of phenolic OH excluding ortho intramolecular Hbond substituents is 1. The molecule has 270 valence electrons. The van der Waals surface area contributed by atoms with E-state index in [2.05, 4.69) is 0 Å². The first-order valence-electron chi connectivity index (χ1n) is 16.5. The highest BCUT2D eigenvalue weighted by molar-refractivity contribution is 6.22. The predicted octanol–water partition coefficient (Wildman–Crippen LogP) is 9.13. The monoisotopic (exact) mass is 717 g/mol. The molecule has 4 atom stereocenters. The number of allylic oxidation sites excluding steroid dienone is 1. The van der Waals surface area contributed by atoms with E-state index in [1.807, 2.05) is 13.0 Å². The number of aromatic hydroxyl groups is 1. The number of para-hydroxylation sites is 1. The number of anilines is 1. The number of imide groups is 1. The van der Waals surface area contributed by atoms with Crippen LogP contribution in [-0.4, -0.2) is 36.2 Å². The van der Waals surface area contributed by atoms with E-state index in [4.69, 9.17) is 9.47 Å².